The molecule has 0 aliphatic carbocycles. The van der Waals surface area contributed by atoms with Crippen molar-refractivity contribution in [3.63, 3.8) is 0 Å². The number of rotatable bonds is 8. The van der Waals surface area contributed by atoms with Crippen molar-refractivity contribution >= 4 is 0 Å². The van der Waals surface area contributed by atoms with Gasteiger partial charge in [-0.3, -0.25) is 11.3 Å². The molecule has 0 heterocycles. The maximum absolute atomic E-state index is 5.78. The van der Waals surface area contributed by atoms with Crippen LogP contribution in [0.2, 0.25) is 0 Å². The summed E-state index contributed by atoms with van der Waals surface area (Å²) in [4.78, 5) is 0. The Morgan fingerprint density at radius 1 is 1.26 bits per heavy atom. The number of hydrogen-bond donors (Lipinski definition) is 2. The molecule has 0 saturated heterocycles. The van der Waals surface area contributed by atoms with Crippen molar-refractivity contribution in [1.82, 2.24) is 5.43 Å². The molecule has 1 rings (SSSR count). The third-order valence-corrected chi connectivity index (χ3v) is 3.63. The lowest BCUT2D eigenvalue weighted by Gasteiger charge is -2.34. The first-order valence-corrected chi connectivity index (χ1v) is 6.73. The molecule has 3 N–H and O–H groups in total. The van der Waals surface area contributed by atoms with E-state index in [1.807, 2.05) is 18.2 Å². The van der Waals surface area contributed by atoms with Crippen LogP contribution in [0.1, 0.15) is 38.8 Å². The first-order chi connectivity index (χ1) is 9.06. The van der Waals surface area contributed by atoms with Gasteiger partial charge in [0.15, 0.2) is 0 Å². The van der Waals surface area contributed by atoms with E-state index in [1.54, 1.807) is 7.11 Å². The average molecular weight is 266 g/mol. The lowest BCUT2D eigenvalue weighted by molar-refractivity contribution is 0.143. The van der Waals surface area contributed by atoms with Gasteiger partial charge in [-0.2, -0.15) is 0 Å². The summed E-state index contributed by atoms with van der Waals surface area (Å²) in [5.74, 6) is 6.62. The normalized spacial score (nSPS) is 13.3. The van der Waals surface area contributed by atoms with Crippen LogP contribution in [-0.2, 0) is 4.74 Å². The lowest BCUT2D eigenvalue weighted by Crippen LogP contribution is -2.38. The minimum Gasteiger partial charge on any atom is -0.491 e. The fraction of sp³-hybridized carbons (Fsp3) is 0.600. The van der Waals surface area contributed by atoms with Gasteiger partial charge in [0.2, 0.25) is 0 Å². The van der Waals surface area contributed by atoms with Crippen LogP contribution in [-0.4, -0.2) is 20.3 Å². The molecule has 1 atom stereocenters. The van der Waals surface area contributed by atoms with Crippen molar-refractivity contribution in [3.8, 4) is 5.75 Å². The predicted octanol–water partition coefficient (Wildman–Crippen LogP) is 2.65. The molecule has 1 aromatic rings. The number of ether oxygens (including phenoxy) is 2. The van der Waals surface area contributed by atoms with Gasteiger partial charge in [0, 0.05) is 12.7 Å². The Morgan fingerprint density at radius 2 is 1.95 bits per heavy atom. The number of para-hydroxylation sites is 1. The van der Waals surface area contributed by atoms with E-state index < -0.39 is 0 Å². The van der Waals surface area contributed by atoms with Gasteiger partial charge in [-0.05, 0) is 17.9 Å². The second-order valence-corrected chi connectivity index (χ2v) is 5.32. The number of nitrogens with one attached hydrogen (secondary N) is 1. The topological polar surface area (TPSA) is 56.5 Å². The predicted molar refractivity (Wildman–Crippen MR) is 77.9 cm³/mol. The molecule has 19 heavy (non-hydrogen) atoms. The fourth-order valence-electron chi connectivity index (χ4n) is 2.03. The van der Waals surface area contributed by atoms with Crippen molar-refractivity contribution in [3.05, 3.63) is 29.8 Å². The van der Waals surface area contributed by atoms with E-state index in [4.69, 9.17) is 15.3 Å². The van der Waals surface area contributed by atoms with Crippen molar-refractivity contribution < 1.29 is 9.47 Å². The SMILES string of the molecule is CCC(C)(C)C(NN)c1ccccc1OCCOC. The lowest BCUT2D eigenvalue weighted by atomic mass is 9.78. The molecule has 0 bridgehead atoms. The Kier molecular flexibility index (Phi) is 6.28. The zero-order valence-electron chi connectivity index (χ0n) is 12.4. The molecule has 1 aromatic carbocycles. The molecule has 0 amide bonds. The van der Waals surface area contributed by atoms with E-state index in [9.17, 15) is 0 Å². The zero-order valence-corrected chi connectivity index (χ0v) is 12.4. The number of benzene rings is 1. The molecule has 0 saturated carbocycles. The van der Waals surface area contributed by atoms with Crippen LogP contribution < -0.4 is 16.0 Å². The van der Waals surface area contributed by atoms with Crippen LogP contribution in [0.25, 0.3) is 0 Å². The van der Waals surface area contributed by atoms with Crippen molar-refractivity contribution in [1.29, 1.82) is 0 Å². The van der Waals surface area contributed by atoms with Gasteiger partial charge in [-0.25, -0.2) is 0 Å². The molecule has 0 aliphatic heterocycles. The second-order valence-electron chi connectivity index (χ2n) is 5.32. The summed E-state index contributed by atoms with van der Waals surface area (Å²) in [6.45, 7) is 7.68. The maximum atomic E-state index is 5.78. The molecular formula is C15H26N2O2. The number of methoxy groups -OCH3 is 1. The molecular weight excluding hydrogens is 240 g/mol. The smallest absolute Gasteiger partial charge is 0.124 e. The molecule has 0 radical (unpaired) electrons. The summed E-state index contributed by atoms with van der Waals surface area (Å²) in [6, 6.07) is 8.06. The summed E-state index contributed by atoms with van der Waals surface area (Å²) in [6.07, 6.45) is 1.02. The van der Waals surface area contributed by atoms with Crippen LogP contribution in [0.5, 0.6) is 5.75 Å². The second kappa shape index (κ2) is 7.48. The van der Waals surface area contributed by atoms with Gasteiger partial charge >= 0.3 is 0 Å². The molecule has 1 unspecified atom stereocenters. The van der Waals surface area contributed by atoms with Crippen LogP contribution in [0, 0.1) is 5.41 Å². The Morgan fingerprint density at radius 3 is 2.53 bits per heavy atom. The Balaban J connectivity index is 2.96. The number of hydrogen-bond acceptors (Lipinski definition) is 4. The number of hydrazine groups is 1. The van der Waals surface area contributed by atoms with Crippen LogP contribution in [0.15, 0.2) is 24.3 Å². The highest BCUT2D eigenvalue weighted by Gasteiger charge is 2.30. The van der Waals surface area contributed by atoms with Crippen molar-refractivity contribution in [2.24, 2.45) is 11.3 Å². The summed E-state index contributed by atoms with van der Waals surface area (Å²) in [5.41, 5.74) is 4.07. The summed E-state index contributed by atoms with van der Waals surface area (Å²) >= 11 is 0. The minimum absolute atomic E-state index is 0.0511. The Labute approximate surface area is 116 Å². The summed E-state index contributed by atoms with van der Waals surface area (Å²) < 4.78 is 10.8. The third kappa shape index (κ3) is 4.20. The molecule has 108 valence electrons. The van der Waals surface area contributed by atoms with Gasteiger partial charge in [0.05, 0.1) is 12.6 Å². The molecule has 4 nitrogen and oxygen atoms in total. The van der Waals surface area contributed by atoms with Crippen molar-refractivity contribution in [2.75, 3.05) is 20.3 Å². The van der Waals surface area contributed by atoms with Gasteiger partial charge in [-0.1, -0.05) is 39.0 Å². The van der Waals surface area contributed by atoms with Gasteiger partial charge in [0.1, 0.15) is 12.4 Å². The largest absolute Gasteiger partial charge is 0.491 e. The first kappa shape index (κ1) is 16.0. The summed E-state index contributed by atoms with van der Waals surface area (Å²) in [7, 11) is 1.67. The Bertz CT molecular complexity index is 380. The molecule has 0 aromatic heterocycles. The molecule has 4 heteroatoms. The molecule has 0 spiro atoms. The van der Waals surface area contributed by atoms with E-state index in [0.29, 0.717) is 13.2 Å². The van der Waals surface area contributed by atoms with Crippen LogP contribution in [0.4, 0.5) is 0 Å². The molecule has 0 aliphatic rings. The van der Waals surface area contributed by atoms with E-state index in [1.165, 1.54) is 0 Å². The van der Waals surface area contributed by atoms with E-state index in [-0.39, 0.29) is 11.5 Å². The maximum Gasteiger partial charge on any atom is 0.124 e. The highest BCUT2D eigenvalue weighted by Crippen LogP contribution is 2.39. The van der Waals surface area contributed by atoms with Crippen molar-refractivity contribution in [2.45, 2.75) is 33.2 Å². The highest BCUT2D eigenvalue weighted by molar-refractivity contribution is 5.37. The summed E-state index contributed by atoms with van der Waals surface area (Å²) in [5, 5.41) is 0. The quantitative estimate of drug-likeness (QED) is 0.431. The molecule has 0 fully saturated rings. The monoisotopic (exact) mass is 266 g/mol. The van der Waals surface area contributed by atoms with Gasteiger partial charge in [0.25, 0.3) is 0 Å². The van der Waals surface area contributed by atoms with Crippen LogP contribution in [0.3, 0.4) is 0 Å². The first-order valence-electron chi connectivity index (χ1n) is 6.73. The van der Waals surface area contributed by atoms with E-state index in [2.05, 4.69) is 32.3 Å². The standard InChI is InChI=1S/C15H26N2O2/c1-5-15(2,3)14(17-16)12-8-6-7-9-13(12)19-11-10-18-4/h6-9,14,17H,5,10-11,16H2,1-4H3. The minimum atomic E-state index is 0.0511. The average Bonchev–Trinajstić information content (AvgIpc) is 2.41. The Hall–Kier alpha value is -1.10. The van der Waals surface area contributed by atoms with Gasteiger partial charge in [-0.15, -0.1) is 0 Å². The third-order valence-electron chi connectivity index (χ3n) is 3.63. The zero-order chi connectivity index (χ0) is 14.3. The van der Waals surface area contributed by atoms with E-state index in [0.717, 1.165) is 17.7 Å². The van der Waals surface area contributed by atoms with Crippen LogP contribution >= 0.6 is 0 Å². The number of nitrogens with two attached hydrogens (primary N) is 1. The van der Waals surface area contributed by atoms with Gasteiger partial charge < -0.3 is 9.47 Å². The fourth-order valence-corrected chi connectivity index (χ4v) is 2.03. The highest BCUT2D eigenvalue weighted by atomic mass is 16.5. The van der Waals surface area contributed by atoms with E-state index >= 15 is 0 Å².